The van der Waals surface area contributed by atoms with Crippen LogP contribution >= 0.6 is 0 Å². The lowest BCUT2D eigenvalue weighted by Gasteiger charge is -2.10. The molecule has 4 rings (SSSR count). The van der Waals surface area contributed by atoms with Crippen molar-refractivity contribution >= 4 is 10.9 Å². The molecule has 1 aromatic carbocycles. The molecule has 106 valence electrons. The molecule has 0 aliphatic heterocycles. The number of rotatable bonds is 3. The molecule has 1 saturated carbocycles. The topological polar surface area (TPSA) is 56.7 Å². The third-order valence-corrected chi connectivity index (χ3v) is 3.93. The predicted molar refractivity (Wildman–Crippen MR) is 79.1 cm³/mol. The van der Waals surface area contributed by atoms with Gasteiger partial charge in [-0.1, -0.05) is 0 Å². The molecule has 1 fully saturated rings. The summed E-state index contributed by atoms with van der Waals surface area (Å²) >= 11 is 0. The van der Waals surface area contributed by atoms with Crippen LogP contribution in [0.5, 0.6) is 0 Å². The molecule has 5 heteroatoms. The molecule has 1 aliphatic rings. The summed E-state index contributed by atoms with van der Waals surface area (Å²) in [5.74, 6) is -0.204. The third-order valence-electron chi connectivity index (χ3n) is 3.93. The zero-order valence-electron chi connectivity index (χ0n) is 11.5. The van der Waals surface area contributed by atoms with Crippen molar-refractivity contribution in [2.24, 2.45) is 5.73 Å². The van der Waals surface area contributed by atoms with Gasteiger partial charge in [-0.3, -0.25) is 0 Å². The van der Waals surface area contributed by atoms with Crippen molar-refractivity contribution in [1.82, 2.24) is 14.8 Å². The molecule has 2 aromatic heterocycles. The lowest BCUT2D eigenvalue weighted by Crippen LogP contribution is -2.03. The summed E-state index contributed by atoms with van der Waals surface area (Å²) in [6, 6.07) is 9.43. The van der Waals surface area contributed by atoms with Crippen molar-refractivity contribution in [3.8, 4) is 11.3 Å². The van der Waals surface area contributed by atoms with Crippen molar-refractivity contribution in [3.05, 3.63) is 48.0 Å². The maximum Gasteiger partial charge on any atom is 0.125 e. The van der Waals surface area contributed by atoms with E-state index in [0.29, 0.717) is 12.6 Å². The van der Waals surface area contributed by atoms with Crippen LogP contribution in [0.2, 0.25) is 0 Å². The number of halogens is 1. The van der Waals surface area contributed by atoms with E-state index in [9.17, 15) is 4.39 Å². The Kier molecular flexibility index (Phi) is 2.75. The number of nitrogens with zero attached hydrogens (tertiary/aromatic N) is 3. The first-order chi connectivity index (χ1) is 10.3. The molecule has 0 bridgehead atoms. The lowest BCUT2D eigenvalue weighted by molar-refractivity contribution is 0.628. The van der Waals surface area contributed by atoms with Crippen LogP contribution in [0, 0.1) is 5.82 Å². The molecule has 0 unspecified atom stereocenters. The minimum atomic E-state index is -0.204. The molecule has 0 radical (unpaired) electrons. The van der Waals surface area contributed by atoms with Crippen LogP contribution in [0.3, 0.4) is 0 Å². The zero-order chi connectivity index (χ0) is 14.4. The van der Waals surface area contributed by atoms with Gasteiger partial charge in [-0.05, 0) is 43.2 Å². The van der Waals surface area contributed by atoms with E-state index >= 15 is 0 Å². The second kappa shape index (κ2) is 4.63. The molecule has 0 atom stereocenters. The lowest BCUT2D eigenvalue weighted by atomic mass is 10.2. The molecule has 4 nitrogen and oxygen atoms in total. The number of hydrogen-bond acceptors (Lipinski definition) is 3. The fourth-order valence-corrected chi connectivity index (χ4v) is 2.79. The number of benzene rings is 1. The summed E-state index contributed by atoms with van der Waals surface area (Å²) in [5.41, 5.74) is 9.38. The van der Waals surface area contributed by atoms with Crippen LogP contribution in [0.4, 0.5) is 4.39 Å². The normalized spacial score (nSPS) is 14.8. The van der Waals surface area contributed by atoms with Gasteiger partial charge in [0.25, 0.3) is 0 Å². The quantitative estimate of drug-likeness (QED) is 0.803. The van der Waals surface area contributed by atoms with Crippen LogP contribution in [-0.4, -0.2) is 14.8 Å². The van der Waals surface area contributed by atoms with Crippen molar-refractivity contribution in [1.29, 1.82) is 0 Å². The van der Waals surface area contributed by atoms with Crippen LogP contribution < -0.4 is 5.73 Å². The Morgan fingerprint density at radius 2 is 2.10 bits per heavy atom. The molecule has 2 N–H and O–H groups in total. The molecular formula is C16H15FN4. The highest BCUT2D eigenvalue weighted by Gasteiger charge is 2.28. The first-order valence-corrected chi connectivity index (χ1v) is 7.09. The van der Waals surface area contributed by atoms with Gasteiger partial charge in [0.05, 0.1) is 23.1 Å². The fourth-order valence-electron chi connectivity index (χ4n) is 2.79. The predicted octanol–water partition coefficient (Wildman–Crippen LogP) is 3.03. The van der Waals surface area contributed by atoms with Crippen molar-refractivity contribution in [2.45, 2.75) is 25.4 Å². The molecule has 0 amide bonds. The Morgan fingerprint density at radius 1 is 1.24 bits per heavy atom. The van der Waals surface area contributed by atoms with Crippen molar-refractivity contribution in [2.75, 3.05) is 0 Å². The van der Waals surface area contributed by atoms with Crippen LogP contribution in [-0.2, 0) is 6.54 Å². The minimum Gasteiger partial charge on any atom is -0.337 e. The summed E-state index contributed by atoms with van der Waals surface area (Å²) in [6.07, 6.45) is 4.01. The maximum absolute atomic E-state index is 13.6. The van der Waals surface area contributed by atoms with Gasteiger partial charge in [-0.25, -0.2) is 4.39 Å². The zero-order valence-corrected chi connectivity index (χ0v) is 11.5. The van der Waals surface area contributed by atoms with E-state index in [4.69, 9.17) is 5.73 Å². The Hall–Kier alpha value is -2.27. The molecule has 2 heterocycles. The van der Waals surface area contributed by atoms with E-state index in [2.05, 4.69) is 20.8 Å². The van der Waals surface area contributed by atoms with Crippen molar-refractivity contribution in [3.63, 3.8) is 0 Å². The second-order valence-electron chi connectivity index (χ2n) is 5.47. The van der Waals surface area contributed by atoms with Gasteiger partial charge < -0.3 is 10.3 Å². The monoisotopic (exact) mass is 282 g/mol. The average Bonchev–Trinajstić information content (AvgIpc) is 3.28. The number of aromatic nitrogens is 3. The molecule has 0 spiro atoms. The van der Waals surface area contributed by atoms with Crippen LogP contribution in [0.15, 0.2) is 36.5 Å². The van der Waals surface area contributed by atoms with Gasteiger partial charge in [0, 0.05) is 23.5 Å². The van der Waals surface area contributed by atoms with E-state index in [0.717, 1.165) is 40.7 Å². The Balaban J connectivity index is 1.97. The smallest absolute Gasteiger partial charge is 0.125 e. The molecular weight excluding hydrogens is 267 g/mol. The highest BCUT2D eigenvalue weighted by molar-refractivity contribution is 5.87. The average molecular weight is 282 g/mol. The van der Waals surface area contributed by atoms with E-state index in [1.54, 1.807) is 12.3 Å². The summed E-state index contributed by atoms with van der Waals surface area (Å²) in [5, 5.41) is 9.07. The second-order valence-corrected chi connectivity index (χ2v) is 5.47. The molecule has 1 aliphatic carbocycles. The van der Waals surface area contributed by atoms with Gasteiger partial charge in [-0.2, -0.15) is 10.2 Å². The summed E-state index contributed by atoms with van der Waals surface area (Å²) in [4.78, 5) is 0. The maximum atomic E-state index is 13.6. The van der Waals surface area contributed by atoms with E-state index in [1.807, 2.05) is 12.1 Å². The fraction of sp³-hybridized carbons (Fsp3) is 0.250. The van der Waals surface area contributed by atoms with Crippen molar-refractivity contribution < 1.29 is 4.39 Å². The summed E-state index contributed by atoms with van der Waals surface area (Å²) in [7, 11) is 0. The summed E-state index contributed by atoms with van der Waals surface area (Å²) in [6.45, 7) is 0.360. The van der Waals surface area contributed by atoms with Gasteiger partial charge >= 0.3 is 0 Å². The summed E-state index contributed by atoms with van der Waals surface area (Å²) < 4.78 is 15.8. The Morgan fingerprint density at radius 3 is 2.86 bits per heavy atom. The SMILES string of the molecule is NCc1cc(-c2cc3ccc(F)cc3n2C2CC2)cnn1. The number of fused-ring (bicyclic) bond motifs is 1. The minimum absolute atomic E-state index is 0.204. The number of hydrogen-bond donors (Lipinski definition) is 1. The van der Waals surface area contributed by atoms with Gasteiger partial charge in [0.2, 0.25) is 0 Å². The van der Waals surface area contributed by atoms with Crippen LogP contribution in [0.1, 0.15) is 24.6 Å². The highest BCUT2D eigenvalue weighted by Crippen LogP contribution is 2.42. The molecule has 3 aromatic rings. The van der Waals surface area contributed by atoms with E-state index < -0.39 is 0 Å². The Labute approximate surface area is 121 Å². The van der Waals surface area contributed by atoms with E-state index in [1.165, 1.54) is 6.07 Å². The molecule has 21 heavy (non-hydrogen) atoms. The first kappa shape index (κ1) is 12.5. The van der Waals surface area contributed by atoms with E-state index in [-0.39, 0.29) is 5.82 Å². The number of nitrogens with two attached hydrogens (primary N) is 1. The standard InChI is InChI=1S/C16H15FN4/c17-12-2-1-10-6-15(11-5-13(8-18)20-19-9-11)21(14-3-4-14)16(10)7-12/h1-2,5-7,9,14H,3-4,8,18H2. The van der Waals surface area contributed by atoms with Crippen LogP contribution in [0.25, 0.3) is 22.2 Å². The highest BCUT2D eigenvalue weighted by atomic mass is 19.1. The van der Waals surface area contributed by atoms with Gasteiger partial charge in [0.1, 0.15) is 5.82 Å². The third kappa shape index (κ3) is 2.10. The van der Waals surface area contributed by atoms with Gasteiger partial charge in [0.15, 0.2) is 0 Å². The molecule has 0 saturated heterocycles. The van der Waals surface area contributed by atoms with Gasteiger partial charge in [-0.15, -0.1) is 0 Å². The Bertz CT molecular complexity index is 820. The largest absolute Gasteiger partial charge is 0.337 e. The first-order valence-electron chi connectivity index (χ1n) is 7.09.